The van der Waals surface area contributed by atoms with Crippen LogP contribution >= 0.6 is 0 Å². The summed E-state index contributed by atoms with van der Waals surface area (Å²) in [5.41, 5.74) is 2.88. The molecule has 0 saturated heterocycles. The van der Waals surface area contributed by atoms with Gasteiger partial charge in [-0.15, -0.1) is 10.2 Å². The maximum Gasteiger partial charge on any atom is 0.227 e. The van der Waals surface area contributed by atoms with E-state index in [0.29, 0.717) is 22.9 Å². The van der Waals surface area contributed by atoms with E-state index in [-0.39, 0.29) is 29.1 Å². The molecule has 0 amide bonds. The van der Waals surface area contributed by atoms with Crippen LogP contribution in [-0.2, 0) is 13.6 Å². The van der Waals surface area contributed by atoms with E-state index in [1.54, 1.807) is 36.1 Å². The number of aromatic nitrogens is 4. The fourth-order valence-corrected chi connectivity index (χ4v) is 4.72. The Labute approximate surface area is 211 Å². The maximum atomic E-state index is 14.9. The zero-order valence-electron chi connectivity index (χ0n) is 20.1. The van der Waals surface area contributed by atoms with Gasteiger partial charge in [0.1, 0.15) is 17.7 Å². The number of nitrogens with zero attached hydrogens (tertiary/aromatic N) is 4. The molecule has 9 heteroatoms. The second-order valence-corrected chi connectivity index (χ2v) is 9.49. The fourth-order valence-electron chi connectivity index (χ4n) is 4.72. The molecular formula is C28H24F3N5O. The SMILES string of the molecule is Cn1cnnc1-c1cc(F)ccc1-c1cccc(-c2nc3cc(CNCC4CCC4)c(F)c(F)c3o2)c1. The van der Waals surface area contributed by atoms with Gasteiger partial charge in [-0.05, 0) is 66.8 Å². The summed E-state index contributed by atoms with van der Waals surface area (Å²) in [5.74, 6) is -1.08. The van der Waals surface area contributed by atoms with Gasteiger partial charge in [0.05, 0.1) is 0 Å². The van der Waals surface area contributed by atoms with Gasteiger partial charge in [-0.1, -0.05) is 24.6 Å². The van der Waals surface area contributed by atoms with Crippen LogP contribution in [0.1, 0.15) is 24.8 Å². The van der Waals surface area contributed by atoms with E-state index in [2.05, 4.69) is 20.5 Å². The van der Waals surface area contributed by atoms with Gasteiger partial charge in [0.2, 0.25) is 11.7 Å². The number of halogens is 3. The number of rotatable bonds is 7. The second-order valence-electron chi connectivity index (χ2n) is 9.49. The summed E-state index contributed by atoms with van der Waals surface area (Å²) in [6.45, 7) is 1.01. The molecular weight excluding hydrogens is 479 g/mol. The Morgan fingerprint density at radius 3 is 2.59 bits per heavy atom. The van der Waals surface area contributed by atoms with Crippen molar-refractivity contribution in [1.82, 2.24) is 25.1 Å². The molecule has 0 atom stereocenters. The van der Waals surface area contributed by atoms with E-state index in [4.69, 9.17) is 4.42 Å². The van der Waals surface area contributed by atoms with Crippen LogP contribution in [0.2, 0.25) is 0 Å². The van der Waals surface area contributed by atoms with Gasteiger partial charge in [-0.2, -0.15) is 4.39 Å². The minimum atomic E-state index is -1.05. The van der Waals surface area contributed by atoms with Crippen molar-refractivity contribution in [2.24, 2.45) is 13.0 Å². The average Bonchev–Trinajstić information content (AvgIpc) is 3.50. The third kappa shape index (κ3) is 4.40. The fraction of sp³-hybridized carbons (Fsp3) is 0.250. The van der Waals surface area contributed by atoms with Crippen molar-refractivity contribution in [3.63, 3.8) is 0 Å². The van der Waals surface area contributed by atoms with Crippen LogP contribution in [0.5, 0.6) is 0 Å². The molecule has 37 heavy (non-hydrogen) atoms. The minimum absolute atomic E-state index is 0.164. The van der Waals surface area contributed by atoms with Crippen molar-refractivity contribution in [3.8, 4) is 34.0 Å². The quantitative estimate of drug-likeness (QED) is 0.284. The van der Waals surface area contributed by atoms with E-state index in [1.165, 1.54) is 37.5 Å². The number of hydrogen-bond acceptors (Lipinski definition) is 5. The Morgan fingerprint density at radius 2 is 1.84 bits per heavy atom. The molecule has 1 fully saturated rings. The highest BCUT2D eigenvalue weighted by atomic mass is 19.2. The first-order chi connectivity index (χ1) is 18.0. The summed E-state index contributed by atoms with van der Waals surface area (Å²) >= 11 is 0. The lowest BCUT2D eigenvalue weighted by molar-refractivity contribution is 0.300. The van der Waals surface area contributed by atoms with Crippen molar-refractivity contribution >= 4 is 11.1 Å². The Hall–Kier alpha value is -3.98. The molecule has 188 valence electrons. The first-order valence-electron chi connectivity index (χ1n) is 12.2. The Morgan fingerprint density at radius 1 is 1.00 bits per heavy atom. The second kappa shape index (κ2) is 9.48. The summed E-state index contributed by atoms with van der Waals surface area (Å²) in [5, 5.41) is 11.2. The average molecular weight is 504 g/mol. The zero-order valence-corrected chi connectivity index (χ0v) is 20.1. The molecule has 2 aromatic heterocycles. The highest BCUT2D eigenvalue weighted by molar-refractivity contribution is 5.83. The van der Waals surface area contributed by atoms with Gasteiger partial charge < -0.3 is 14.3 Å². The van der Waals surface area contributed by atoms with Crippen LogP contribution in [0.3, 0.4) is 0 Å². The number of oxazole rings is 1. The maximum absolute atomic E-state index is 14.9. The Bertz CT molecular complexity index is 1610. The molecule has 3 aromatic carbocycles. The van der Waals surface area contributed by atoms with E-state index in [0.717, 1.165) is 17.7 Å². The van der Waals surface area contributed by atoms with Crippen LogP contribution < -0.4 is 5.32 Å². The first-order valence-corrected chi connectivity index (χ1v) is 12.2. The van der Waals surface area contributed by atoms with E-state index >= 15 is 0 Å². The summed E-state index contributed by atoms with van der Waals surface area (Å²) in [7, 11) is 1.78. The van der Waals surface area contributed by atoms with Gasteiger partial charge in [0.15, 0.2) is 17.2 Å². The van der Waals surface area contributed by atoms with E-state index in [9.17, 15) is 13.2 Å². The number of fused-ring (bicyclic) bond motifs is 1. The first kappa shape index (κ1) is 23.4. The van der Waals surface area contributed by atoms with Crippen molar-refractivity contribution in [2.45, 2.75) is 25.8 Å². The van der Waals surface area contributed by atoms with Crippen molar-refractivity contribution in [2.75, 3.05) is 6.54 Å². The third-order valence-corrected chi connectivity index (χ3v) is 6.97. The highest BCUT2D eigenvalue weighted by Gasteiger charge is 2.21. The van der Waals surface area contributed by atoms with E-state index < -0.39 is 17.5 Å². The molecule has 0 radical (unpaired) electrons. The summed E-state index contributed by atoms with van der Waals surface area (Å²) < 4.78 is 51.2. The van der Waals surface area contributed by atoms with Crippen molar-refractivity contribution in [1.29, 1.82) is 0 Å². The van der Waals surface area contributed by atoms with Crippen LogP contribution in [0, 0.1) is 23.4 Å². The van der Waals surface area contributed by atoms with Gasteiger partial charge in [0.25, 0.3) is 0 Å². The van der Waals surface area contributed by atoms with Crippen LogP contribution in [0.25, 0.3) is 45.1 Å². The normalized spacial score (nSPS) is 13.8. The Kier molecular flexibility index (Phi) is 6.00. The molecule has 2 heterocycles. The zero-order chi connectivity index (χ0) is 25.5. The summed E-state index contributed by atoms with van der Waals surface area (Å²) in [4.78, 5) is 4.46. The van der Waals surface area contributed by atoms with Crippen molar-refractivity contribution in [3.05, 3.63) is 77.9 Å². The van der Waals surface area contributed by atoms with Gasteiger partial charge in [-0.25, -0.2) is 13.8 Å². The Balaban J connectivity index is 1.35. The monoisotopic (exact) mass is 503 g/mol. The molecule has 0 unspecified atom stereocenters. The molecule has 6 nitrogen and oxygen atoms in total. The lowest BCUT2D eigenvalue weighted by atomic mass is 9.85. The standard InChI is InChI=1S/C28H24F3N5O/c1-36-15-33-35-27(36)22-12-20(29)8-9-21(22)17-6-3-7-18(10-17)28-34-23-11-19(14-32-13-16-4-2-5-16)24(30)25(31)26(23)37-28/h3,6-12,15-16,32H,2,4-5,13-14H2,1H3. The topological polar surface area (TPSA) is 68.8 Å². The molecule has 1 N–H and O–H groups in total. The number of hydrogen-bond donors (Lipinski definition) is 1. The molecule has 0 aliphatic heterocycles. The molecule has 0 spiro atoms. The van der Waals surface area contributed by atoms with E-state index in [1.807, 2.05) is 12.1 Å². The number of nitrogens with one attached hydrogen (secondary N) is 1. The molecule has 1 aliphatic rings. The minimum Gasteiger partial charge on any atom is -0.433 e. The van der Waals surface area contributed by atoms with Gasteiger partial charge in [0, 0.05) is 30.3 Å². The van der Waals surface area contributed by atoms with Crippen LogP contribution in [-0.4, -0.2) is 26.3 Å². The third-order valence-electron chi connectivity index (χ3n) is 6.97. The molecule has 6 rings (SSSR count). The predicted molar refractivity (Wildman–Crippen MR) is 134 cm³/mol. The van der Waals surface area contributed by atoms with Gasteiger partial charge >= 0.3 is 0 Å². The highest BCUT2D eigenvalue weighted by Crippen LogP contribution is 2.35. The van der Waals surface area contributed by atoms with Gasteiger partial charge in [-0.3, -0.25) is 0 Å². The summed E-state index contributed by atoms with van der Waals surface area (Å²) in [6, 6.07) is 13.2. The molecule has 5 aromatic rings. The van der Waals surface area contributed by atoms with Crippen molar-refractivity contribution < 1.29 is 17.6 Å². The lowest BCUT2D eigenvalue weighted by Crippen LogP contribution is -2.27. The lowest BCUT2D eigenvalue weighted by Gasteiger charge is -2.25. The number of aryl methyl sites for hydroxylation is 1. The molecule has 0 bridgehead atoms. The van der Waals surface area contributed by atoms with Crippen LogP contribution in [0.15, 0.2) is 59.3 Å². The molecule has 1 aliphatic carbocycles. The predicted octanol–water partition coefficient (Wildman–Crippen LogP) is 6.26. The largest absolute Gasteiger partial charge is 0.433 e. The summed E-state index contributed by atoms with van der Waals surface area (Å²) in [6.07, 6.45) is 5.12. The smallest absolute Gasteiger partial charge is 0.227 e. The number of benzene rings is 3. The van der Waals surface area contributed by atoms with Crippen LogP contribution in [0.4, 0.5) is 13.2 Å². The molecule has 1 saturated carbocycles.